The number of hydrogen-bond acceptors (Lipinski definition) is 5. The summed E-state index contributed by atoms with van der Waals surface area (Å²) in [5.41, 5.74) is -0.180. The van der Waals surface area contributed by atoms with Crippen LogP contribution in [-0.2, 0) is 4.79 Å². The molecule has 0 spiro atoms. The van der Waals surface area contributed by atoms with E-state index in [1.807, 2.05) is 0 Å². The van der Waals surface area contributed by atoms with Crippen LogP contribution in [0.3, 0.4) is 0 Å². The third kappa shape index (κ3) is 4.22. The Morgan fingerprint density at radius 2 is 2.19 bits per heavy atom. The fraction of sp³-hybridized carbons (Fsp3) is 0.231. The van der Waals surface area contributed by atoms with Gasteiger partial charge in [0.2, 0.25) is 0 Å². The standard InChI is InChI=1S/C13H12N2O5S/c1-3-6-14(8-12(16)17)13(18)9-4-5-11(21-2)10(7-9)15(19)20/h1,4-5,7H,6,8H2,2H3,(H,16,17). The van der Waals surface area contributed by atoms with Crippen molar-refractivity contribution < 1.29 is 19.6 Å². The molecule has 1 N–H and O–H groups in total. The van der Waals surface area contributed by atoms with Crippen LogP contribution in [0.1, 0.15) is 10.4 Å². The lowest BCUT2D eigenvalue weighted by Gasteiger charge is -2.18. The number of carbonyl (C=O) groups excluding carboxylic acids is 1. The summed E-state index contributed by atoms with van der Waals surface area (Å²) in [6.45, 7) is -0.760. The fourth-order valence-corrected chi connectivity index (χ4v) is 2.17. The number of thioether (sulfide) groups is 1. The van der Waals surface area contributed by atoms with Crippen LogP contribution in [0, 0.1) is 22.5 Å². The zero-order valence-corrected chi connectivity index (χ0v) is 11.9. The molecule has 1 aromatic rings. The number of rotatable bonds is 6. The molecule has 0 aliphatic heterocycles. The predicted molar refractivity (Wildman–Crippen MR) is 77.2 cm³/mol. The topological polar surface area (TPSA) is 101 Å². The number of benzene rings is 1. The Morgan fingerprint density at radius 1 is 1.52 bits per heavy atom. The minimum absolute atomic E-state index is 0.0241. The molecule has 1 amide bonds. The second kappa shape index (κ2) is 7.31. The number of nitrogens with zero attached hydrogens (tertiary/aromatic N) is 2. The number of nitro benzene ring substituents is 1. The van der Waals surface area contributed by atoms with Gasteiger partial charge in [0.1, 0.15) is 6.54 Å². The minimum Gasteiger partial charge on any atom is -0.480 e. The second-order valence-electron chi connectivity index (χ2n) is 3.90. The molecule has 1 rings (SSSR count). The maximum atomic E-state index is 12.2. The predicted octanol–water partition coefficient (Wildman–Crippen LogP) is 1.48. The number of aliphatic carboxylic acids is 1. The van der Waals surface area contributed by atoms with Gasteiger partial charge in [-0.05, 0) is 18.4 Å². The molecule has 0 saturated carbocycles. The fourth-order valence-electron chi connectivity index (χ4n) is 1.62. The average Bonchev–Trinajstić information content (AvgIpc) is 2.44. The van der Waals surface area contributed by atoms with Gasteiger partial charge in [-0.2, -0.15) is 0 Å². The summed E-state index contributed by atoms with van der Waals surface area (Å²) in [7, 11) is 0. The maximum Gasteiger partial charge on any atom is 0.323 e. The molecule has 1 aromatic carbocycles. The molecular weight excluding hydrogens is 296 g/mol. The van der Waals surface area contributed by atoms with Crippen molar-refractivity contribution in [3.8, 4) is 12.3 Å². The van der Waals surface area contributed by atoms with Gasteiger partial charge in [-0.3, -0.25) is 19.7 Å². The highest BCUT2D eigenvalue weighted by atomic mass is 32.2. The van der Waals surface area contributed by atoms with Crippen molar-refractivity contribution in [3.05, 3.63) is 33.9 Å². The summed E-state index contributed by atoms with van der Waals surface area (Å²) in [5, 5.41) is 19.7. The molecule has 0 bridgehead atoms. The van der Waals surface area contributed by atoms with E-state index in [9.17, 15) is 19.7 Å². The van der Waals surface area contributed by atoms with Gasteiger partial charge in [0, 0.05) is 11.6 Å². The van der Waals surface area contributed by atoms with Crippen molar-refractivity contribution in [1.82, 2.24) is 4.90 Å². The largest absolute Gasteiger partial charge is 0.480 e. The Kier molecular flexibility index (Phi) is 5.75. The average molecular weight is 308 g/mol. The van der Waals surface area contributed by atoms with Crippen molar-refractivity contribution in [2.75, 3.05) is 19.3 Å². The lowest BCUT2D eigenvalue weighted by molar-refractivity contribution is -0.387. The number of amides is 1. The molecule has 0 unspecified atom stereocenters. The molecule has 0 heterocycles. The molecule has 0 atom stereocenters. The Balaban J connectivity index is 3.16. The second-order valence-corrected chi connectivity index (χ2v) is 4.75. The summed E-state index contributed by atoms with van der Waals surface area (Å²) in [6.07, 6.45) is 6.78. The first-order valence-electron chi connectivity index (χ1n) is 5.67. The van der Waals surface area contributed by atoms with Crippen molar-refractivity contribution in [2.45, 2.75) is 4.90 Å². The highest BCUT2D eigenvalue weighted by Gasteiger charge is 2.21. The van der Waals surface area contributed by atoms with Crippen LogP contribution in [-0.4, -0.2) is 46.2 Å². The molecule has 0 fully saturated rings. The van der Waals surface area contributed by atoms with Crippen LogP contribution in [0.25, 0.3) is 0 Å². The summed E-state index contributed by atoms with van der Waals surface area (Å²) in [5.74, 6) is 0.312. The SMILES string of the molecule is C#CCN(CC(=O)O)C(=O)c1ccc(SC)c([N+](=O)[O-])c1. The number of terminal acetylenes is 1. The monoisotopic (exact) mass is 308 g/mol. The normalized spacial score (nSPS) is 9.71. The Hall–Kier alpha value is -2.53. The van der Waals surface area contributed by atoms with E-state index in [0.717, 1.165) is 11.0 Å². The quantitative estimate of drug-likeness (QED) is 0.370. The number of carboxylic acids is 1. The van der Waals surface area contributed by atoms with Crippen molar-refractivity contribution >= 4 is 29.3 Å². The van der Waals surface area contributed by atoms with Gasteiger partial charge >= 0.3 is 5.97 Å². The van der Waals surface area contributed by atoms with Crippen LogP contribution in [0.15, 0.2) is 23.1 Å². The van der Waals surface area contributed by atoms with Crippen LogP contribution >= 0.6 is 11.8 Å². The van der Waals surface area contributed by atoms with Crippen LogP contribution in [0.2, 0.25) is 0 Å². The maximum absolute atomic E-state index is 12.2. The van der Waals surface area contributed by atoms with E-state index in [-0.39, 0.29) is 17.8 Å². The number of carbonyl (C=O) groups is 2. The van der Waals surface area contributed by atoms with E-state index in [4.69, 9.17) is 11.5 Å². The van der Waals surface area contributed by atoms with Gasteiger partial charge in [-0.1, -0.05) is 5.92 Å². The third-order valence-corrected chi connectivity index (χ3v) is 3.30. The van der Waals surface area contributed by atoms with E-state index >= 15 is 0 Å². The molecule has 0 radical (unpaired) electrons. The molecule has 7 nitrogen and oxygen atoms in total. The molecular formula is C13H12N2O5S. The zero-order chi connectivity index (χ0) is 16.0. The highest BCUT2D eigenvalue weighted by molar-refractivity contribution is 7.98. The third-order valence-electron chi connectivity index (χ3n) is 2.52. The van der Waals surface area contributed by atoms with Crippen molar-refractivity contribution in [1.29, 1.82) is 0 Å². The zero-order valence-electron chi connectivity index (χ0n) is 11.1. The van der Waals surface area contributed by atoms with Crippen LogP contribution in [0.4, 0.5) is 5.69 Å². The van der Waals surface area contributed by atoms with E-state index in [2.05, 4.69) is 5.92 Å². The van der Waals surface area contributed by atoms with Gasteiger partial charge in [0.05, 0.1) is 16.4 Å². The van der Waals surface area contributed by atoms with E-state index in [1.165, 1.54) is 23.9 Å². The summed E-state index contributed by atoms with van der Waals surface area (Å²) in [4.78, 5) is 34.6. The Bertz CT molecular complexity index is 623. The Labute approximate surface area is 125 Å². The van der Waals surface area contributed by atoms with Gasteiger partial charge in [0.25, 0.3) is 11.6 Å². The van der Waals surface area contributed by atoms with E-state index in [0.29, 0.717) is 4.90 Å². The van der Waals surface area contributed by atoms with Gasteiger partial charge in [0.15, 0.2) is 0 Å². The van der Waals surface area contributed by atoms with Crippen LogP contribution in [0.5, 0.6) is 0 Å². The molecule has 0 aliphatic carbocycles. The number of nitro groups is 1. The Morgan fingerprint density at radius 3 is 2.67 bits per heavy atom. The number of hydrogen-bond donors (Lipinski definition) is 1. The van der Waals surface area contributed by atoms with Crippen LogP contribution < -0.4 is 0 Å². The van der Waals surface area contributed by atoms with Gasteiger partial charge < -0.3 is 10.0 Å². The smallest absolute Gasteiger partial charge is 0.323 e. The van der Waals surface area contributed by atoms with Gasteiger partial charge in [-0.15, -0.1) is 18.2 Å². The molecule has 0 aliphatic rings. The number of carboxylic acid groups (broad SMARTS) is 1. The van der Waals surface area contributed by atoms with Crippen molar-refractivity contribution in [3.63, 3.8) is 0 Å². The van der Waals surface area contributed by atoms with Gasteiger partial charge in [-0.25, -0.2) is 0 Å². The van der Waals surface area contributed by atoms with E-state index in [1.54, 1.807) is 6.26 Å². The first-order chi connectivity index (χ1) is 9.90. The first kappa shape index (κ1) is 16.5. The summed E-state index contributed by atoms with van der Waals surface area (Å²) < 4.78 is 0. The highest BCUT2D eigenvalue weighted by Crippen LogP contribution is 2.28. The lowest BCUT2D eigenvalue weighted by atomic mass is 10.1. The minimum atomic E-state index is -1.21. The van der Waals surface area contributed by atoms with E-state index < -0.39 is 23.3 Å². The molecule has 0 aromatic heterocycles. The molecule has 21 heavy (non-hydrogen) atoms. The summed E-state index contributed by atoms with van der Waals surface area (Å²) in [6, 6.07) is 3.98. The van der Waals surface area contributed by atoms with Crippen molar-refractivity contribution in [2.24, 2.45) is 0 Å². The molecule has 110 valence electrons. The lowest BCUT2D eigenvalue weighted by Crippen LogP contribution is -2.36. The molecule has 8 heteroatoms. The first-order valence-corrected chi connectivity index (χ1v) is 6.90. The summed E-state index contributed by atoms with van der Waals surface area (Å²) >= 11 is 1.18. The molecule has 0 saturated heterocycles.